The molecule has 8 aliphatic rings. The lowest BCUT2D eigenvalue weighted by atomic mass is 9.99. The largest absolute Gasteiger partial charge is 0.497 e. The lowest BCUT2D eigenvalue weighted by molar-refractivity contribution is -0.123. The molecule has 40 nitrogen and oxygen atoms in total. The maximum atomic E-state index is 13.0. The number of benzene rings is 8. The van der Waals surface area contributed by atoms with E-state index >= 15 is 0 Å². The van der Waals surface area contributed by atoms with Crippen LogP contribution in [0.15, 0.2) is 160 Å². The second kappa shape index (κ2) is 33.1. The van der Waals surface area contributed by atoms with Crippen molar-refractivity contribution in [1.82, 2.24) is 102 Å². The van der Waals surface area contributed by atoms with E-state index in [1.54, 1.807) is 175 Å². The van der Waals surface area contributed by atoms with Gasteiger partial charge in [0.05, 0.1) is 92.8 Å². The molecule has 0 saturated carbocycles. The first-order valence-corrected chi connectivity index (χ1v) is 40.1. The molecule has 0 spiro atoms. The van der Waals surface area contributed by atoms with Crippen molar-refractivity contribution in [2.75, 3.05) is 60.4 Å². The quantitative estimate of drug-likeness (QED) is 0.0615. The summed E-state index contributed by atoms with van der Waals surface area (Å²) in [6.07, 6.45) is 0. The summed E-state index contributed by atoms with van der Waals surface area (Å²) in [5.41, 5.74) is 8.80. The van der Waals surface area contributed by atoms with Crippen LogP contribution in [-0.2, 0) is 66.5 Å². The number of rotatable bonds is 12. The minimum Gasteiger partial charge on any atom is -0.497 e. The number of aromatic amines is 4. The number of ether oxygens (including phenoxy) is 4. The molecular formula is C91H75N21O19. The molecular weight excluding hydrogens is 1690 g/mol. The fourth-order valence-corrected chi connectivity index (χ4v) is 16.4. The predicted octanol–water partition coefficient (Wildman–Crippen LogP) is 2.12. The highest BCUT2D eigenvalue weighted by atomic mass is 16.5. The van der Waals surface area contributed by atoms with Gasteiger partial charge in [0.15, 0.2) is 5.82 Å². The number of nitrogens with one attached hydrogen (secondary N) is 12. The van der Waals surface area contributed by atoms with Gasteiger partial charge in [0.2, 0.25) is 22.2 Å². The van der Waals surface area contributed by atoms with E-state index in [1.807, 2.05) is 6.07 Å². The Kier molecular flexibility index (Phi) is 21.5. The van der Waals surface area contributed by atoms with Crippen LogP contribution >= 0.6 is 0 Å². The number of nitrogens with zero attached hydrogens (tertiary/aromatic N) is 8. The minimum absolute atomic E-state index is 0.103. The molecule has 8 aromatic carbocycles. The van der Waals surface area contributed by atoms with Gasteiger partial charge in [-0.3, -0.25) is 108 Å². The topological polar surface area (TPSA) is 519 Å². The standard InChI is InChI=1S/C23H20N6O4.2C23H19N5O5.C22H17N5O5/c1-28-18-9-13(3-6-16(18)19(24)27-28)7-8-23(21(31)25-22(32)26-23)12-29-11-14-4-5-15(33-2)10-17(14)20(29)30;1-27-18-6-3-13(9-17(18)19(29)26-27)7-8-23(21(31)24-22(32)25-23)12-28-11-14-4-5-15(33-2)10-16(14)20(28)30;1-27-18-9-13(3-6-16(18)19(29)26-27)7-8-23(21(31)24-22(32)25-23)12-28-11-14-4-5-15(33-2)10-17(14)20(28)30;1-32-14-4-3-13-10-27(19(29)16(13)9-14)11-22(20(30)23-21(31)24-22)7-6-12-2-5-15-17(8-12)25-26-18(15)28/h3-6,9-10H,11-12H2,1-2H3,(H2,24,27)(H2,25,26,31,32);2*3-6,9-10H,11-12H2,1-2H3,(H,26,29)(H2,24,25,31,32);2-5,8-9H,10-11H2,1H3,(H2,25,26,28)(H2,23,24,30,31)/t3*23-;22-/m1111/s1. The Morgan fingerprint density at radius 3 is 1.02 bits per heavy atom. The molecule has 0 unspecified atom stereocenters. The van der Waals surface area contributed by atoms with Crippen molar-refractivity contribution in [3.8, 4) is 70.4 Å². The number of H-pyrrole nitrogens is 4. The number of nitrogens with two attached hydrogens (primary N) is 1. The van der Waals surface area contributed by atoms with Gasteiger partial charge in [-0.2, -0.15) is 5.10 Å². The highest BCUT2D eigenvalue weighted by Gasteiger charge is 2.53. The molecule has 20 rings (SSSR count). The van der Waals surface area contributed by atoms with Crippen molar-refractivity contribution < 1.29 is 76.5 Å². The first-order valence-electron chi connectivity index (χ1n) is 40.1. The molecule has 12 aromatic rings. The van der Waals surface area contributed by atoms with E-state index < -0.39 is 69.9 Å². The van der Waals surface area contributed by atoms with Crippen LogP contribution in [0.5, 0.6) is 23.0 Å². The van der Waals surface area contributed by atoms with Gasteiger partial charge in [0.25, 0.3) is 63.9 Å². The first kappa shape index (κ1) is 85.1. The number of carbonyl (C=O) groups excluding carboxylic acids is 12. The zero-order valence-corrected chi connectivity index (χ0v) is 70.4. The van der Waals surface area contributed by atoms with Gasteiger partial charge in [-0.15, -0.1) is 0 Å². The summed E-state index contributed by atoms with van der Waals surface area (Å²) < 4.78 is 25.6. The normalized spacial score (nSPS) is 19.3. The Balaban J connectivity index is 0.000000122. The zero-order valence-electron chi connectivity index (χ0n) is 70.4. The number of imide groups is 4. The van der Waals surface area contributed by atoms with E-state index in [4.69, 9.17) is 24.7 Å². The molecule has 40 heteroatoms. The van der Waals surface area contributed by atoms with Crippen LogP contribution in [0.1, 0.15) is 85.9 Å². The van der Waals surface area contributed by atoms with Crippen LogP contribution < -0.4 is 83.9 Å². The van der Waals surface area contributed by atoms with E-state index in [2.05, 4.69) is 115 Å². The summed E-state index contributed by atoms with van der Waals surface area (Å²) in [4.78, 5) is 192. The summed E-state index contributed by atoms with van der Waals surface area (Å²) in [5, 5.41) is 36.2. The molecule has 4 atom stereocenters. The average Bonchev–Trinajstić information content (AvgIpc) is 1.62. The molecule has 4 saturated heterocycles. The van der Waals surface area contributed by atoms with Crippen molar-refractivity contribution in [2.45, 2.75) is 48.3 Å². The van der Waals surface area contributed by atoms with Crippen LogP contribution in [-0.4, -0.2) is 207 Å². The first-order chi connectivity index (χ1) is 62.8. The molecule has 0 radical (unpaired) electrons. The van der Waals surface area contributed by atoms with Crippen molar-refractivity contribution in [3.05, 3.63) is 243 Å². The molecule has 8 aliphatic heterocycles. The van der Waals surface area contributed by atoms with E-state index in [0.29, 0.717) is 113 Å². The molecule has 658 valence electrons. The summed E-state index contributed by atoms with van der Waals surface area (Å²) >= 11 is 0. The van der Waals surface area contributed by atoms with Gasteiger partial charge < -0.3 is 65.5 Å². The Labute approximate surface area is 739 Å². The highest BCUT2D eigenvalue weighted by Crippen LogP contribution is 2.35. The summed E-state index contributed by atoms with van der Waals surface area (Å²) in [7, 11) is 11.3. The van der Waals surface area contributed by atoms with Gasteiger partial charge in [-0.25, -0.2) is 19.2 Å². The maximum absolute atomic E-state index is 13.0. The number of amides is 16. The van der Waals surface area contributed by atoms with E-state index in [-0.39, 0.29) is 86.1 Å². The van der Waals surface area contributed by atoms with E-state index in [9.17, 15) is 71.9 Å². The zero-order chi connectivity index (χ0) is 92.4. The van der Waals surface area contributed by atoms with Crippen molar-refractivity contribution in [1.29, 1.82) is 0 Å². The van der Waals surface area contributed by atoms with Crippen molar-refractivity contribution >= 4 is 121 Å². The molecule has 14 N–H and O–H groups in total. The monoisotopic (exact) mass is 1770 g/mol. The number of methoxy groups -OCH3 is 4. The minimum atomic E-state index is -1.63. The molecule has 131 heavy (non-hydrogen) atoms. The second-order valence-electron chi connectivity index (χ2n) is 31.5. The molecule has 4 aromatic heterocycles. The fraction of sp³-hybridized carbons (Fsp3) is 0.209. The van der Waals surface area contributed by atoms with Crippen LogP contribution in [0.4, 0.5) is 25.0 Å². The third-order valence-corrected chi connectivity index (χ3v) is 23.1. The number of nitrogen functional groups attached to an aromatic ring is 1. The number of carbonyl (C=O) groups is 12. The van der Waals surface area contributed by atoms with Crippen LogP contribution in [0, 0.1) is 47.4 Å². The van der Waals surface area contributed by atoms with E-state index in [0.717, 1.165) is 33.2 Å². The number of fused-ring (bicyclic) bond motifs is 8. The second-order valence-corrected chi connectivity index (χ2v) is 31.5. The molecule has 0 aliphatic carbocycles. The van der Waals surface area contributed by atoms with Gasteiger partial charge in [-0.1, -0.05) is 71.6 Å². The smallest absolute Gasteiger partial charge is 0.323 e. The van der Waals surface area contributed by atoms with Gasteiger partial charge in [-0.05, 0) is 144 Å². The third kappa shape index (κ3) is 16.0. The summed E-state index contributed by atoms with van der Waals surface area (Å²) in [5.74, 6) is 22.2. The van der Waals surface area contributed by atoms with Crippen molar-refractivity contribution in [3.63, 3.8) is 0 Å². The molecule has 12 heterocycles. The van der Waals surface area contributed by atoms with Gasteiger partial charge in [0.1, 0.15) is 23.0 Å². The maximum Gasteiger partial charge on any atom is 0.323 e. The Hall–Kier alpha value is -18.1. The lowest BCUT2D eigenvalue weighted by Gasteiger charge is -2.26. The van der Waals surface area contributed by atoms with Gasteiger partial charge >= 0.3 is 24.1 Å². The van der Waals surface area contributed by atoms with Gasteiger partial charge in [0, 0.05) is 97.2 Å². The van der Waals surface area contributed by atoms with Crippen LogP contribution in [0.25, 0.3) is 43.6 Å². The number of urea groups is 4. The summed E-state index contributed by atoms with van der Waals surface area (Å²) in [6, 6.07) is 38.6. The SMILES string of the molecule is COc1ccc2c(c1)C(=O)N(C[C@@]1(C#Cc3ccc4c(=O)[nH][nH]c4c3)NC(=O)NC1=O)C2.COc1ccc2c(c1)C(=O)N(C[C@@]1(C#Cc3ccc4c(=O)[nH]n(C)c4c3)NC(=O)NC1=O)C2.COc1ccc2c(c1)C(=O)N(C[C@@]1(C#Cc3ccc4c(N)nn(C)c4c3)NC(=O)NC1=O)C2.COc1ccc2c(c1)C(=O)N(C[C@@]1(C#Cc3ccc4c(c3)c(=O)[nH]n4C)NC(=O)NC1=O)C2. The number of aryl methyl sites for hydroxylation is 3. The summed E-state index contributed by atoms with van der Waals surface area (Å²) in [6.45, 7) is 0.634. The fourth-order valence-electron chi connectivity index (χ4n) is 16.4. The highest BCUT2D eigenvalue weighted by molar-refractivity contribution is 6.13. The molecule has 0 bridgehead atoms. The number of anilines is 1. The van der Waals surface area contributed by atoms with Crippen LogP contribution in [0.2, 0.25) is 0 Å². The van der Waals surface area contributed by atoms with Crippen molar-refractivity contribution in [2.24, 2.45) is 21.1 Å². The number of hydrogen-bond donors (Lipinski definition) is 13. The lowest BCUT2D eigenvalue weighted by Crippen LogP contribution is -2.54. The Bertz CT molecular complexity index is 7550. The van der Waals surface area contributed by atoms with Crippen LogP contribution in [0.3, 0.4) is 0 Å². The molecule has 16 amide bonds. The average molecular weight is 1770 g/mol. The molecule has 4 fully saturated rings. The Morgan fingerprint density at radius 2 is 0.664 bits per heavy atom. The van der Waals surface area contributed by atoms with E-state index in [1.165, 1.54) is 48.0 Å². The number of hydrogen-bond acceptors (Lipinski definition) is 21. The Morgan fingerprint density at radius 1 is 0.344 bits per heavy atom. The third-order valence-electron chi connectivity index (χ3n) is 23.1. The predicted molar refractivity (Wildman–Crippen MR) is 467 cm³/mol. The number of aromatic nitrogens is 8.